The highest BCUT2D eigenvalue weighted by Gasteiger charge is 1.97. The predicted molar refractivity (Wildman–Crippen MR) is 37.7 cm³/mol. The zero-order valence-electron chi connectivity index (χ0n) is 5.42. The maximum atomic E-state index is 8.32. The van der Waals surface area contributed by atoms with E-state index in [1.165, 1.54) is 5.75 Å². The standard InChI is InChI=1S/C5H13OS.H2O/c1-7(2)5-3-4-6;/h6H,3-5H2,1-2H3;1H2/q+1;/p-1. The lowest BCUT2D eigenvalue weighted by atomic mass is 10.5. The molecule has 0 saturated carbocycles. The minimum absolute atomic E-state index is 0. The minimum atomic E-state index is 0. The molecular formula is C5H14O2S. The zero-order valence-corrected chi connectivity index (χ0v) is 6.24. The molecule has 0 spiro atoms. The van der Waals surface area contributed by atoms with Gasteiger partial charge in [-0.05, 0) is 10.9 Å². The van der Waals surface area contributed by atoms with Gasteiger partial charge >= 0.3 is 0 Å². The Hall–Kier alpha value is 0.270. The van der Waals surface area contributed by atoms with Crippen LogP contribution in [-0.2, 0) is 10.9 Å². The Kier molecular flexibility index (Phi) is 10.1. The fourth-order valence-electron chi connectivity index (χ4n) is 0.353. The highest BCUT2D eigenvalue weighted by atomic mass is 32.2. The van der Waals surface area contributed by atoms with Gasteiger partial charge in [-0.3, -0.25) is 0 Å². The maximum absolute atomic E-state index is 8.32. The van der Waals surface area contributed by atoms with Crippen LogP contribution in [0.5, 0.6) is 0 Å². The second kappa shape index (κ2) is 7.27. The second-order valence-electron chi connectivity index (χ2n) is 1.77. The van der Waals surface area contributed by atoms with Gasteiger partial charge in [-0.1, -0.05) is 0 Å². The molecular weight excluding hydrogens is 124 g/mol. The molecule has 0 saturated heterocycles. The maximum Gasteiger partial charge on any atom is 0.109 e. The highest BCUT2D eigenvalue weighted by molar-refractivity contribution is 7.95. The molecule has 0 aliphatic rings. The van der Waals surface area contributed by atoms with Gasteiger partial charge in [0, 0.05) is 13.0 Å². The molecule has 0 aliphatic heterocycles. The molecule has 0 aromatic heterocycles. The lowest BCUT2D eigenvalue weighted by Crippen LogP contribution is -2.02. The molecule has 2 N–H and O–H groups in total. The van der Waals surface area contributed by atoms with Crippen LogP contribution < -0.4 is 0 Å². The number of hydrogen-bond donors (Lipinski definition) is 1. The quantitative estimate of drug-likeness (QED) is 0.561. The van der Waals surface area contributed by atoms with Crippen LogP contribution in [0.25, 0.3) is 0 Å². The summed E-state index contributed by atoms with van der Waals surface area (Å²) in [6.07, 6.45) is 5.35. The Morgan fingerprint density at radius 3 is 2.00 bits per heavy atom. The van der Waals surface area contributed by atoms with Gasteiger partial charge in [-0.15, -0.1) is 0 Å². The molecule has 0 radical (unpaired) electrons. The van der Waals surface area contributed by atoms with E-state index in [0.29, 0.717) is 17.5 Å². The topological polar surface area (TPSA) is 50.2 Å². The molecule has 0 fully saturated rings. The molecule has 0 bridgehead atoms. The fraction of sp³-hybridized carbons (Fsp3) is 1.00. The largest absolute Gasteiger partial charge is 0.870 e. The summed E-state index contributed by atoms with van der Waals surface area (Å²) in [6, 6.07) is 0. The molecule has 0 heterocycles. The minimum Gasteiger partial charge on any atom is -0.870 e. The van der Waals surface area contributed by atoms with Gasteiger partial charge in [-0.25, -0.2) is 0 Å². The van der Waals surface area contributed by atoms with E-state index in [1.807, 2.05) is 0 Å². The van der Waals surface area contributed by atoms with Crippen LogP contribution in [0.4, 0.5) is 0 Å². The molecule has 0 amide bonds. The van der Waals surface area contributed by atoms with Crippen LogP contribution in [0.3, 0.4) is 0 Å². The molecule has 3 heteroatoms. The molecule has 0 rings (SSSR count). The van der Waals surface area contributed by atoms with E-state index < -0.39 is 0 Å². The number of aliphatic hydroxyl groups excluding tert-OH is 1. The van der Waals surface area contributed by atoms with Crippen LogP contribution in [-0.4, -0.2) is 35.5 Å². The van der Waals surface area contributed by atoms with Crippen LogP contribution >= 0.6 is 0 Å². The molecule has 2 nitrogen and oxygen atoms in total. The fourth-order valence-corrected chi connectivity index (χ4v) is 1.06. The lowest BCUT2D eigenvalue weighted by Gasteiger charge is -1.90. The molecule has 52 valence electrons. The normalized spacial score (nSPS) is 9.00. The lowest BCUT2D eigenvalue weighted by molar-refractivity contribution is 0.296. The number of hydrogen-bond acceptors (Lipinski definition) is 2. The Bertz CT molecular complexity index is 39.4. The third-order valence-electron chi connectivity index (χ3n) is 0.711. The average Bonchev–Trinajstić information content (AvgIpc) is 1.61. The van der Waals surface area contributed by atoms with E-state index in [9.17, 15) is 0 Å². The summed E-state index contributed by atoms with van der Waals surface area (Å²) < 4.78 is 0. The summed E-state index contributed by atoms with van der Waals surface area (Å²) in [7, 11) is 0.525. The Labute approximate surface area is 53.6 Å². The van der Waals surface area contributed by atoms with Crippen molar-refractivity contribution in [2.24, 2.45) is 0 Å². The first-order valence-electron chi connectivity index (χ1n) is 2.42. The van der Waals surface area contributed by atoms with Crippen molar-refractivity contribution in [3.8, 4) is 0 Å². The number of rotatable bonds is 3. The van der Waals surface area contributed by atoms with Gasteiger partial charge in [0.1, 0.15) is 5.75 Å². The summed E-state index contributed by atoms with van der Waals surface area (Å²) in [5.74, 6) is 1.18. The zero-order chi connectivity index (χ0) is 5.70. The van der Waals surface area contributed by atoms with Gasteiger partial charge in [0.2, 0.25) is 0 Å². The first kappa shape index (κ1) is 11.1. The SMILES string of the molecule is C[S+](C)CCCO.[OH-]. The van der Waals surface area contributed by atoms with Gasteiger partial charge in [-0.2, -0.15) is 0 Å². The van der Waals surface area contributed by atoms with Crippen LogP contribution in [0.15, 0.2) is 0 Å². The second-order valence-corrected chi connectivity index (χ2v) is 4.15. The van der Waals surface area contributed by atoms with E-state index in [2.05, 4.69) is 12.5 Å². The van der Waals surface area contributed by atoms with E-state index in [4.69, 9.17) is 5.11 Å². The van der Waals surface area contributed by atoms with E-state index >= 15 is 0 Å². The third-order valence-corrected chi connectivity index (χ3v) is 1.82. The van der Waals surface area contributed by atoms with E-state index in [0.717, 1.165) is 6.42 Å². The number of aliphatic hydroxyl groups is 1. The summed E-state index contributed by atoms with van der Waals surface area (Å²) in [5.41, 5.74) is 0. The smallest absolute Gasteiger partial charge is 0.109 e. The Morgan fingerprint density at radius 1 is 1.38 bits per heavy atom. The Morgan fingerprint density at radius 2 is 1.88 bits per heavy atom. The first-order valence-corrected chi connectivity index (χ1v) is 4.63. The molecule has 0 aromatic rings. The van der Waals surface area contributed by atoms with Crippen molar-refractivity contribution in [1.29, 1.82) is 0 Å². The van der Waals surface area contributed by atoms with E-state index in [-0.39, 0.29) is 5.48 Å². The summed E-state index contributed by atoms with van der Waals surface area (Å²) in [5, 5.41) is 8.32. The summed E-state index contributed by atoms with van der Waals surface area (Å²) in [4.78, 5) is 0. The van der Waals surface area contributed by atoms with Crippen molar-refractivity contribution >= 4 is 10.9 Å². The highest BCUT2D eigenvalue weighted by Crippen LogP contribution is 1.86. The molecule has 0 aliphatic carbocycles. The first-order chi connectivity index (χ1) is 3.27. The van der Waals surface area contributed by atoms with Crippen LogP contribution in [0, 0.1) is 0 Å². The predicted octanol–water partition coefficient (Wildman–Crippen LogP) is 0.0699. The molecule has 0 atom stereocenters. The van der Waals surface area contributed by atoms with Crippen molar-refractivity contribution in [2.75, 3.05) is 24.9 Å². The Balaban J connectivity index is 0. The average molecular weight is 138 g/mol. The van der Waals surface area contributed by atoms with Gasteiger partial charge in [0.15, 0.2) is 0 Å². The molecule has 0 aromatic carbocycles. The molecule has 8 heavy (non-hydrogen) atoms. The third kappa shape index (κ3) is 9.55. The van der Waals surface area contributed by atoms with Crippen molar-refractivity contribution in [1.82, 2.24) is 0 Å². The van der Waals surface area contributed by atoms with Crippen molar-refractivity contribution < 1.29 is 10.6 Å². The summed E-state index contributed by atoms with van der Waals surface area (Å²) >= 11 is 0. The van der Waals surface area contributed by atoms with Crippen molar-refractivity contribution in [3.63, 3.8) is 0 Å². The van der Waals surface area contributed by atoms with Gasteiger partial charge in [0.25, 0.3) is 0 Å². The summed E-state index contributed by atoms with van der Waals surface area (Å²) in [6.45, 7) is 0.352. The van der Waals surface area contributed by atoms with Crippen LogP contribution in [0.1, 0.15) is 6.42 Å². The van der Waals surface area contributed by atoms with E-state index in [1.54, 1.807) is 0 Å². The van der Waals surface area contributed by atoms with Gasteiger partial charge in [0.05, 0.1) is 12.5 Å². The van der Waals surface area contributed by atoms with Crippen molar-refractivity contribution in [2.45, 2.75) is 6.42 Å². The monoisotopic (exact) mass is 138 g/mol. The molecule has 0 unspecified atom stereocenters. The van der Waals surface area contributed by atoms with Gasteiger partial charge < -0.3 is 10.6 Å². The van der Waals surface area contributed by atoms with Crippen LogP contribution in [0.2, 0.25) is 0 Å². The van der Waals surface area contributed by atoms with Crippen molar-refractivity contribution in [3.05, 3.63) is 0 Å².